The Morgan fingerprint density at radius 1 is 1.22 bits per heavy atom. The number of aromatic hydroxyl groups is 1. The standard InChI is InChI=1S/C14H18FNO2/c15-11-8-5-9-12(17)13(11)14(18)16-10-6-3-1-2-4-7-10/h5,8-10,17H,1-4,6-7H2,(H,16,18). The normalized spacial score (nSPS) is 17.2. The van der Waals surface area contributed by atoms with E-state index in [1.165, 1.54) is 31.0 Å². The first kappa shape index (κ1) is 12.9. The molecule has 0 atom stereocenters. The molecule has 0 heterocycles. The van der Waals surface area contributed by atoms with Gasteiger partial charge in [0.25, 0.3) is 5.91 Å². The van der Waals surface area contributed by atoms with Gasteiger partial charge in [-0.1, -0.05) is 31.7 Å². The monoisotopic (exact) mass is 251 g/mol. The van der Waals surface area contributed by atoms with Gasteiger partial charge in [-0.05, 0) is 25.0 Å². The second-order valence-electron chi connectivity index (χ2n) is 4.80. The van der Waals surface area contributed by atoms with E-state index in [4.69, 9.17) is 0 Å². The number of halogens is 1. The van der Waals surface area contributed by atoms with Gasteiger partial charge in [-0.3, -0.25) is 4.79 Å². The summed E-state index contributed by atoms with van der Waals surface area (Å²) < 4.78 is 13.5. The molecule has 4 heteroatoms. The molecule has 1 aliphatic carbocycles. The molecule has 0 bridgehead atoms. The fourth-order valence-electron chi connectivity index (χ4n) is 2.42. The predicted octanol–water partition coefficient (Wildman–Crippen LogP) is 2.98. The minimum Gasteiger partial charge on any atom is -0.507 e. The molecule has 2 N–H and O–H groups in total. The van der Waals surface area contributed by atoms with Crippen LogP contribution in [0, 0.1) is 5.82 Å². The maximum atomic E-state index is 13.5. The minimum atomic E-state index is -0.680. The first-order valence-corrected chi connectivity index (χ1v) is 6.47. The second-order valence-corrected chi connectivity index (χ2v) is 4.80. The molecule has 0 spiro atoms. The van der Waals surface area contributed by atoms with Crippen LogP contribution in [-0.4, -0.2) is 17.1 Å². The van der Waals surface area contributed by atoms with Crippen molar-refractivity contribution in [2.75, 3.05) is 0 Å². The molecule has 1 aromatic carbocycles. The minimum absolute atomic E-state index is 0.0963. The third-order valence-electron chi connectivity index (χ3n) is 3.41. The molecule has 3 nitrogen and oxygen atoms in total. The highest BCUT2D eigenvalue weighted by atomic mass is 19.1. The van der Waals surface area contributed by atoms with E-state index in [-0.39, 0.29) is 17.4 Å². The highest BCUT2D eigenvalue weighted by Crippen LogP contribution is 2.22. The van der Waals surface area contributed by atoms with Gasteiger partial charge in [0.05, 0.1) is 0 Å². The van der Waals surface area contributed by atoms with Crippen LogP contribution in [0.15, 0.2) is 18.2 Å². The Bertz CT molecular complexity index is 406. The van der Waals surface area contributed by atoms with Gasteiger partial charge in [0.2, 0.25) is 0 Å². The number of nitrogens with one attached hydrogen (secondary N) is 1. The Labute approximate surface area is 106 Å². The van der Waals surface area contributed by atoms with Crippen molar-refractivity contribution in [3.63, 3.8) is 0 Å². The fraction of sp³-hybridized carbons (Fsp3) is 0.500. The van der Waals surface area contributed by atoms with Gasteiger partial charge >= 0.3 is 0 Å². The van der Waals surface area contributed by atoms with Crippen LogP contribution in [0.5, 0.6) is 5.75 Å². The van der Waals surface area contributed by atoms with Crippen LogP contribution in [0.3, 0.4) is 0 Å². The van der Waals surface area contributed by atoms with Crippen LogP contribution in [-0.2, 0) is 0 Å². The number of rotatable bonds is 2. The smallest absolute Gasteiger partial charge is 0.258 e. The van der Waals surface area contributed by atoms with Crippen LogP contribution in [0.4, 0.5) is 4.39 Å². The topological polar surface area (TPSA) is 49.3 Å². The second kappa shape index (κ2) is 5.85. The van der Waals surface area contributed by atoms with Gasteiger partial charge in [0, 0.05) is 6.04 Å². The Morgan fingerprint density at radius 2 is 1.89 bits per heavy atom. The average molecular weight is 251 g/mol. The van der Waals surface area contributed by atoms with Crippen molar-refractivity contribution in [2.45, 2.75) is 44.6 Å². The van der Waals surface area contributed by atoms with E-state index >= 15 is 0 Å². The molecule has 1 aliphatic rings. The van der Waals surface area contributed by atoms with Gasteiger partial charge < -0.3 is 10.4 Å². The SMILES string of the molecule is O=C(NC1CCCCCC1)c1c(O)cccc1F. The van der Waals surface area contributed by atoms with Gasteiger partial charge in [-0.15, -0.1) is 0 Å². The van der Waals surface area contributed by atoms with Gasteiger partial charge in [0.1, 0.15) is 17.1 Å². The summed E-state index contributed by atoms with van der Waals surface area (Å²) in [5.74, 6) is -1.50. The lowest BCUT2D eigenvalue weighted by atomic mass is 10.1. The average Bonchev–Trinajstić information content (AvgIpc) is 2.57. The molecule has 1 aromatic rings. The Morgan fingerprint density at radius 3 is 2.50 bits per heavy atom. The maximum Gasteiger partial charge on any atom is 0.258 e. The van der Waals surface area contributed by atoms with Crippen LogP contribution in [0.2, 0.25) is 0 Å². The lowest BCUT2D eigenvalue weighted by Crippen LogP contribution is -2.34. The zero-order valence-corrected chi connectivity index (χ0v) is 10.3. The Kier molecular flexibility index (Phi) is 4.18. The zero-order valence-electron chi connectivity index (χ0n) is 10.3. The summed E-state index contributed by atoms with van der Waals surface area (Å²) >= 11 is 0. The number of phenolic OH excluding ortho intramolecular Hbond substituents is 1. The molecular formula is C14H18FNO2. The van der Waals surface area contributed by atoms with Crippen molar-refractivity contribution >= 4 is 5.91 Å². The molecule has 1 amide bonds. The molecule has 2 rings (SSSR count). The van der Waals surface area contributed by atoms with Crippen molar-refractivity contribution < 1.29 is 14.3 Å². The maximum absolute atomic E-state index is 13.5. The first-order chi connectivity index (χ1) is 8.68. The van der Waals surface area contributed by atoms with Crippen molar-refractivity contribution in [1.82, 2.24) is 5.32 Å². The molecule has 1 saturated carbocycles. The van der Waals surface area contributed by atoms with Crippen LogP contribution < -0.4 is 5.32 Å². The van der Waals surface area contributed by atoms with Gasteiger partial charge in [-0.2, -0.15) is 0 Å². The lowest BCUT2D eigenvalue weighted by Gasteiger charge is -2.16. The van der Waals surface area contributed by atoms with E-state index in [0.717, 1.165) is 25.7 Å². The summed E-state index contributed by atoms with van der Waals surface area (Å²) in [5.41, 5.74) is -0.248. The number of hydrogen-bond acceptors (Lipinski definition) is 2. The molecule has 0 saturated heterocycles. The van der Waals surface area contributed by atoms with Crippen LogP contribution >= 0.6 is 0 Å². The molecule has 1 fully saturated rings. The summed E-state index contributed by atoms with van der Waals surface area (Å²) in [5, 5.41) is 12.4. The van der Waals surface area contributed by atoms with E-state index in [0.29, 0.717) is 0 Å². The van der Waals surface area contributed by atoms with Crippen molar-refractivity contribution in [3.05, 3.63) is 29.6 Å². The van der Waals surface area contributed by atoms with Crippen molar-refractivity contribution in [3.8, 4) is 5.75 Å². The summed E-state index contributed by atoms with van der Waals surface area (Å²) in [6.45, 7) is 0. The number of carbonyl (C=O) groups is 1. The molecule has 0 unspecified atom stereocenters. The van der Waals surface area contributed by atoms with Gasteiger partial charge in [-0.25, -0.2) is 4.39 Å². The highest BCUT2D eigenvalue weighted by molar-refractivity contribution is 5.97. The summed E-state index contributed by atoms with van der Waals surface area (Å²) in [6.07, 6.45) is 6.43. The van der Waals surface area contributed by atoms with Crippen LogP contribution in [0.25, 0.3) is 0 Å². The number of carbonyl (C=O) groups excluding carboxylic acids is 1. The van der Waals surface area contributed by atoms with E-state index in [9.17, 15) is 14.3 Å². The number of benzene rings is 1. The molecule has 98 valence electrons. The predicted molar refractivity (Wildman–Crippen MR) is 67.0 cm³/mol. The van der Waals surface area contributed by atoms with Crippen molar-refractivity contribution in [1.29, 1.82) is 0 Å². The van der Waals surface area contributed by atoms with Crippen molar-refractivity contribution in [2.24, 2.45) is 0 Å². The number of hydrogen-bond donors (Lipinski definition) is 2. The highest BCUT2D eigenvalue weighted by Gasteiger charge is 2.20. The molecular weight excluding hydrogens is 233 g/mol. The van der Waals surface area contributed by atoms with Gasteiger partial charge in [0.15, 0.2) is 0 Å². The molecule has 18 heavy (non-hydrogen) atoms. The molecule has 0 aliphatic heterocycles. The Balaban J connectivity index is 2.07. The Hall–Kier alpha value is -1.58. The lowest BCUT2D eigenvalue weighted by molar-refractivity contribution is 0.0926. The molecule has 0 aromatic heterocycles. The quantitative estimate of drug-likeness (QED) is 0.794. The van der Waals surface area contributed by atoms with E-state index in [2.05, 4.69) is 5.32 Å². The summed E-state index contributed by atoms with van der Waals surface area (Å²) in [4.78, 5) is 12.0. The molecule has 0 radical (unpaired) electrons. The third-order valence-corrected chi connectivity index (χ3v) is 3.41. The third kappa shape index (κ3) is 3.00. The van der Waals surface area contributed by atoms with E-state index in [1.807, 2.05) is 0 Å². The number of phenols is 1. The van der Waals surface area contributed by atoms with E-state index < -0.39 is 11.7 Å². The number of amides is 1. The first-order valence-electron chi connectivity index (χ1n) is 6.47. The fourth-order valence-corrected chi connectivity index (χ4v) is 2.42. The van der Waals surface area contributed by atoms with E-state index in [1.54, 1.807) is 0 Å². The van der Waals surface area contributed by atoms with Crippen LogP contribution in [0.1, 0.15) is 48.9 Å². The largest absolute Gasteiger partial charge is 0.507 e. The zero-order chi connectivity index (χ0) is 13.0. The summed E-state index contributed by atoms with van der Waals surface area (Å²) in [7, 11) is 0. The summed E-state index contributed by atoms with van der Waals surface area (Å²) in [6, 6.07) is 3.99.